The number of hydrogen-bond acceptors (Lipinski definition) is 6. The van der Waals surface area contributed by atoms with Crippen molar-refractivity contribution in [2.75, 3.05) is 16.8 Å². The molecule has 1 aromatic carbocycles. The Morgan fingerprint density at radius 1 is 1.18 bits per heavy atom. The summed E-state index contributed by atoms with van der Waals surface area (Å²) in [5.74, 6) is -0.524. The van der Waals surface area contributed by atoms with Crippen LogP contribution in [0.3, 0.4) is 0 Å². The van der Waals surface area contributed by atoms with Crippen molar-refractivity contribution in [3.05, 3.63) is 69.0 Å². The summed E-state index contributed by atoms with van der Waals surface area (Å²) >= 11 is 0. The Kier molecular flexibility index (Phi) is 6.24. The molecule has 0 saturated heterocycles. The Morgan fingerprint density at radius 3 is 2.53 bits per heavy atom. The molecule has 11 heteroatoms. The van der Waals surface area contributed by atoms with Crippen molar-refractivity contribution >= 4 is 32.3 Å². The second-order valence-corrected chi connectivity index (χ2v) is 10.5. The Labute approximate surface area is 194 Å². The molecule has 7 nitrogen and oxygen atoms in total. The normalized spacial score (nSPS) is 16.5. The molecule has 0 spiro atoms. The monoisotopic (exact) mass is 492 g/mol. The second kappa shape index (κ2) is 8.86. The number of nitrogens with one attached hydrogen (secondary N) is 1. The summed E-state index contributed by atoms with van der Waals surface area (Å²) in [5.41, 5.74) is 0.324. The predicted molar refractivity (Wildman–Crippen MR) is 124 cm³/mol. The van der Waals surface area contributed by atoms with Crippen LogP contribution in [0.4, 0.5) is 19.0 Å². The first kappa shape index (κ1) is 23.9. The number of sulfone groups is 1. The summed E-state index contributed by atoms with van der Waals surface area (Å²) in [5, 5.41) is 3.54. The van der Waals surface area contributed by atoms with E-state index in [-0.39, 0.29) is 29.0 Å². The number of pyridine rings is 1. The number of aromatic nitrogens is 3. The minimum atomic E-state index is -3.17. The fraction of sp³-hybridized carbons (Fsp3) is 0.348. The molecular formula is C23H23F3N4O3S. The van der Waals surface area contributed by atoms with Gasteiger partial charge in [-0.2, -0.15) is 0 Å². The highest BCUT2D eigenvalue weighted by Gasteiger charge is 2.23. The lowest BCUT2D eigenvalue weighted by Crippen LogP contribution is -2.25. The van der Waals surface area contributed by atoms with Crippen molar-refractivity contribution in [2.24, 2.45) is 7.05 Å². The standard InChI is InChI=1S/C23H23F3N4O3S/c1-12(15-5-4-6-16(19(15)24)20(25)26)27-21-18-11-17(14-7-9-34(32,33)10-8-14)23(31)30(3)22(18)29-13(2)28-21/h4-7,11-12,20H,8-10H2,1-3H3,(H,27,28,29)/t12-/m1/s1. The van der Waals surface area contributed by atoms with E-state index in [0.717, 1.165) is 6.07 Å². The van der Waals surface area contributed by atoms with Crippen LogP contribution < -0.4 is 10.9 Å². The first-order valence-electron chi connectivity index (χ1n) is 10.6. The zero-order valence-corrected chi connectivity index (χ0v) is 19.6. The second-order valence-electron chi connectivity index (χ2n) is 8.29. The summed E-state index contributed by atoms with van der Waals surface area (Å²) in [7, 11) is -1.62. The maximum atomic E-state index is 14.7. The lowest BCUT2D eigenvalue weighted by atomic mass is 10.0. The quantitative estimate of drug-likeness (QED) is 0.577. The number of hydrogen-bond donors (Lipinski definition) is 1. The summed E-state index contributed by atoms with van der Waals surface area (Å²) in [6.07, 6.45) is -1.20. The van der Waals surface area contributed by atoms with Crippen molar-refractivity contribution in [3.63, 3.8) is 0 Å². The molecule has 0 bridgehead atoms. The Hall–Kier alpha value is -3.21. The molecule has 3 aromatic rings. The lowest BCUT2D eigenvalue weighted by molar-refractivity contribution is 0.146. The maximum absolute atomic E-state index is 14.7. The third kappa shape index (κ3) is 4.44. The summed E-state index contributed by atoms with van der Waals surface area (Å²) in [6, 6.07) is 4.70. The van der Waals surface area contributed by atoms with E-state index in [2.05, 4.69) is 15.3 Å². The fourth-order valence-corrected chi connectivity index (χ4v) is 5.21. The zero-order chi connectivity index (χ0) is 24.8. The van der Waals surface area contributed by atoms with E-state index >= 15 is 0 Å². The van der Waals surface area contributed by atoms with Crippen molar-refractivity contribution in [1.82, 2.24) is 14.5 Å². The lowest BCUT2D eigenvalue weighted by Gasteiger charge is -2.20. The molecule has 2 aromatic heterocycles. The van der Waals surface area contributed by atoms with Crippen LogP contribution in [-0.4, -0.2) is 34.5 Å². The smallest absolute Gasteiger partial charge is 0.266 e. The molecule has 0 radical (unpaired) electrons. The number of halogens is 3. The minimum Gasteiger partial charge on any atom is -0.363 e. The molecule has 3 heterocycles. The van der Waals surface area contributed by atoms with Gasteiger partial charge in [0, 0.05) is 18.2 Å². The number of benzene rings is 1. The molecule has 1 atom stereocenters. The molecule has 180 valence electrons. The molecule has 4 rings (SSSR count). The molecule has 0 amide bonds. The third-order valence-electron chi connectivity index (χ3n) is 5.90. The molecule has 1 aliphatic rings. The average molecular weight is 493 g/mol. The van der Waals surface area contributed by atoms with Gasteiger partial charge in [0.25, 0.3) is 12.0 Å². The molecule has 0 unspecified atom stereocenters. The van der Waals surface area contributed by atoms with Gasteiger partial charge in [0.05, 0.1) is 28.5 Å². The zero-order valence-electron chi connectivity index (χ0n) is 18.8. The first-order chi connectivity index (χ1) is 16.0. The van der Waals surface area contributed by atoms with E-state index < -0.39 is 33.7 Å². The van der Waals surface area contributed by atoms with E-state index in [1.807, 2.05) is 0 Å². The van der Waals surface area contributed by atoms with Crippen LogP contribution in [0.2, 0.25) is 0 Å². The highest BCUT2D eigenvalue weighted by Crippen LogP contribution is 2.31. The Morgan fingerprint density at radius 2 is 1.88 bits per heavy atom. The average Bonchev–Trinajstić information content (AvgIpc) is 2.76. The van der Waals surface area contributed by atoms with Gasteiger partial charge < -0.3 is 5.32 Å². The van der Waals surface area contributed by atoms with Crippen molar-refractivity contribution in [1.29, 1.82) is 0 Å². The molecule has 1 N–H and O–H groups in total. The molecular weight excluding hydrogens is 469 g/mol. The van der Waals surface area contributed by atoms with Crippen LogP contribution in [0.5, 0.6) is 0 Å². The van der Waals surface area contributed by atoms with Gasteiger partial charge in [-0.15, -0.1) is 0 Å². The van der Waals surface area contributed by atoms with Crippen LogP contribution in [0.25, 0.3) is 16.6 Å². The van der Waals surface area contributed by atoms with Crippen molar-refractivity contribution in [3.8, 4) is 0 Å². The highest BCUT2D eigenvalue weighted by molar-refractivity contribution is 7.91. The van der Waals surface area contributed by atoms with Crippen LogP contribution in [0, 0.1) is 12.7 Å². The largest absolute Gasteiger partial charge is 0.363 e. The minimum absolute atomic E-state index is 0.0486. The van der Waals surface area contributed by atoms with Gasteiger partial charge in [-0.3, -0.25) is 9.36 Å². The first-order valence-corrected chi connectivity index (χ1v) is 12.4. The number of fused-ring (bicyclic) bond motifs is 1. The maximum Gasteiger partial charge on any atom is 0.266 e. The summed E-state index contributed by atoms with van der Waals surface area (Å²) in [6.45, 7) is 3.26. The predicted octanol–water partition coefficient (Wildman–Crippen LogP) is 4.09. The number of alkyl halides is 2. The van der Waals surface area contributed by atoms with E-state index in [1.165, 1.54) is 22.8 Å². The van der Waals surface area contributed by atoms with Gasteiger partial charge in [0.15, 0.2) is 9.84 Å². The van der Waals surface area contributed by atoms with Crippen LogP contribution >= 0.6 is 0 Å². The summed E-state index contributed by atoms with van der Waals surface area (Å²) in [4.78, 5) is 21.8. The number of nitrogens with zero attached hydrogens (tertiary/aromatic N) is 3. The summed E-state index contributed by atoms with van der Waals surface area (Å²) < 4.78 is 66.0. The Bertz CT molecular complexity index is 1480. The van der Waals surface area contributed by atoms with Crippen LogP contribution in [-0.2, 0) is 16.9 Å². The van der Waals surface area contributed by atoms with Gasteiger partial charge in [-0.25, -0.2) is 31.6 Å². The molecule has 1 aliphatic heterocycles. The van der Waals surface area contributed by atoms with Gasteiger partial charge in [0.2, 0.25) is 0 Å². The highest BCUT2D eigenvalue weighted by atomic mass is 32.2. The van der Waals surface area contributed by atoms with Crippen LogP contribution in [0.15, 0.2) is 35.1 Å². The van der Waals surface area contributed by atoms with Crippen LogP contribution in [0.1, 0.15) is 48.3 Å². The van der Waals surface area contributed by atoms with Crippen molar-refractivity contribution in [2.45, 2.75) is 32.7 Å². The number of aryl methyl sites for hydroxylation is 2. The number of rotatable bonds is 5. The number of allylic oxidation sites excluding steroid dienone is 1. The topological polar surface area (TPSA) is 94.0 Å². The van der Waals surface area contributed by atoms with Gasteiger partial charge in [-0.1, -0.05) is 24.3 Å². The van der Waals surface area contributed by atoms with E-state index in [4.69, 9.17) is 0 Å². The van der Waals surface area contributed by atoms with E-state index in [1.54, 1.807) is 27.0 Å². The Balaban J connectivity index is 1.82. The van der Waals surface area contributed by atoms with E-state index in [9.17, 15) is 26.4 Å². The molecule has 34 heavy (non-hydrogen) atoms. The molecule has 0 aliphatic carbocycles. The molecule has 0 saturated carbocycles. The molecule has 0 fully saturated rings. The van der Waals surface area contributed by atoms with Gasteiger partial charge >= 0.3 is 0 Å². The third-order valence-corrected chi connectivity index (χ3v) is 7.40. The van der Waals surface area contributed by atoms with Crippen molar-refractivity contribution < 1.29 is 21.6 Å². The van der Waals surface area contributed by atoms with Gasteiger partial charge in [-0.05, 0) is 31.9 Å². The van der Waals surface area contributed by atoms with E-state index in [0.29, 0.717) is 33.8 Å². The SMILES string of the molecule is Cc1nc(N[C@H](C)c2cccc(C(F)F)c2F)c2cc(C3=CCS(=O)(=O)CC3)c(=O)n(C)c2n1. The fourth-order valence-electron chi connectivity index (χ4n) is 4.06. The van der Waals surface area contributed by atoms with Gasteiger partial charge in [0.1, 0.15) is 23.1 Å². The number of anilines is 1.